The van der Waals surface area contributed by atoms with Crippen LogP contribution in [-0.4, -0.2) is 29.9 Å². The van der Waals surface area contributed by atoms with E-state index < -0.39 is 6.04 Å². The lowest BCUT2D eigenvalue weighted by atomic mass is 10.2. The zero-order chi connectivity index (χ0) is 14.4. The normalized spacial score (nSPS) is 17.4. The van der Waals surface area contributed by atoms with E-state index >= 15 is 0 Å². The minimum Gasteiger partial charge on any atom is -0.325 e. The third kappa shape index (κ3) is 6.04. The van der Waals surface area contributed by atoms with Gasteiger partial charge in [-0.05, 0) is 50.6 Å². The third-order valence-corrected chi connectivity index (χ3v) is 3.74. The average molecular weight is 312 g/mol. The fourth-order valence-corrected chi connectivity index (χ4v) is 2.50. The minimum atomic E-state index is -0.480. The van der Waals surface area contributed by atoms with Crippen LogP contribution in [0.4, 0.5) is 5.69 Å². The Morgan fingerprint density at radius 2 is 1.76 bits per heavy atom. The Kier molecular flexibility index (Phi) is 7.72. The number of carbonyl (C=O) groups is 1. The molecule has 0 aromatic heterocycles. The topological polar surface area (TPSA) is 58.4 Å². The molecule has 0 radical (unpaired) electrons. The quantitative estimate of drug-likeness (QED) is 0.899. The van der Waals surface area contributed by atoms with Gasteiger partial charge < -0.3 is 11.1 Å². The predicted octanol–water partition coefficient (Wildman–Crippen LogP) is 2.77. The number of amides is 1. The maximum atomic E-state index is 11.5. The number of hydrogen-bond donors (Lipinski definition) is 2. The molecule has 1 atom stereocenters. The Labute approximate surface area is 133 Å². The van der Waals surface area contributed by atoms with Gasteiger partial charge in [0.15, 0.2) is 0 Å². The van der Waals surface area contributed by atoms with E-state index in [0.717, 1.165) is 12.2 Å². The summed E-state index contributed by atoms with van der Waals surface area (Å²) < 4.78 is 0. The Morgan fingerprint density at radius 3 is 2.29 bits per heavy atom. The second kappa shape index (κ2) is 9.03. The number of anilines is 1. The average Bonchev–Trinajstić information content (AvgIpc) is 2.69. The van der Waals surface area contributed by atoms with Gasteiger partial charge in [-0.2, -0.15) is 0 Å². The molecule has 1 unspecified atom stereocenters. The van der Waals surface area contributed by atoms with Gasteiger partial charge in [-0.15, -0.1) is 12.4 Å². The number of nitrogens with two attached hydrogens (primary N) is 1. The minimum absolute atomic E-state index is 0. The molecule has 1 aromatic carbocycles. The smallest absolute Gasteiger partial charge is 0.240 e. The maximum Gasteiger partial charge on any atom is 0.240 e. The lowest BCUT2D eigenvalue weighted by molar-refractivity contribution is -0.117. The van der Waals surface area contributed by atoms with E-state index in [0.29, 0.717) is 0 Å². The van der Waals surface area contributed by atoms with Crippen LogP contribution in [0.5, 0.6) is 0 Å². The molecular weight excluding hydrogens is 286 g/mol. The zero-order valence-corrected chi connectivity index (χ0v) is 13.5. The van der Waals surface area contributed by atoms with Crippen LogP contribution in [0.2, 0.25) is 0 Å². The van der Waals surface area contributed by atoms with Gasteiger partial charge in [-0.1, -0.05) is 25.0 Å². The van der Waals surface area contributed by atoms with Crippen LogP contribution in [0.3, 0.4) is 0 Å². The molecule has 1 fully saturated rings. The molecule has 5 heteroatoms. The standard InChI is InChI=1S/C16H25N3O.ClH/c1-13(17)16(20)18-15-8-6-14(7-9-15)12-19-10-4-2-3-5-11-19;/h6-9,13H,2-5,10-12,17H2,1H3,(H,18,20);1H. The van der Waals surface area contributed by atoms with Crippen molar-refractivity contribution >= 4 is 24.0 Å². The van der Waals surface area contributed by atoms with Gasteiger partial charge in [0, 0.05) is 12.2 Å². The van der Waals surface area contributed by atoms with Gasteiger partial charge in [-0.25, -0.2) is 0 Å². The van der Waals surface area contributed by atoms with Crippen LogP contribution in [0.25, 0.3) is 0 Å². The first-order valence-electron chi connectivity index (χ1n) is 7.53. The summed E-state index contributed by atoms with van der Waals surface area (Å²) in [5, 5.41) is 2.80. The number of benzene rings is 1. The van der Waals surface area contributed by atoms with Gasteiger partial charge in [0.05, 0.1) is 6.04 Å². The van der Waals surface area contributed by atoms with Crippen LogP contribution >= 0.6 is 12.4 Å². The number of halogens is 1. The molecule has 2 rings (SSSR count). The number of nitrogens with zero attached hydrogens (tertiary/aromatic N) is 1. The summed E-state index contributed by atoms with van der Waals surface area (Å²) >= 11 is 0. The van der Waals surface area contributed by atoms with Crippen molar-refractivity contribution in [3.05, 3.63) is 29.8 Å². The summed E-state index contributed by atoms with van der Waals surface area (Å²) in [5.41, 5.74) is 7.64. The molecule has 118 valence electrons. The molecule has 1 amide bonds. The molecule has 1 heterocycles. The van der Waals surface area contributed by atoms with Crippen molar-refractivity contribution < 1.29 is 4.79 Å². The number of rotatable bonds is 4. The molecule has 1 aliphatic rings. The van der Waals surface area contributed by atoms with Crippen LogP contribution in [0, 0.1) is 0 Å². The van der Waals surface area contributed by atoms with Crippen LogP contribution in [0.1, 0.15) is 38.2 Å². The van der Waals surface area contributed by atoms with E-state index in [4.69, 9.17) is 5.73 Å². The molecule has 1 saturated heterocycles. The molecule has 1 aliphatic heterocycles. The summed E-state index contributed by atoms with van der Waals surface area (Å²) in [6.07, 6.45) is 5.34. The second-order valence-electron chi connectivity index (χ2n) is 5.67. The summed E-state index contributed by atoms with van der Waals surface area (Å²) in [4.78, 5) is 14.0. The summed E-state index contributed by atoms with van der Waals surface area (Å²) in [6, 6.07) is 7.59. The predicted molar refractivity (Wildman–Crippen MR) is 89.7 cm³/mol. The van der Waals surface area contributed by atoms with Crippen LogP contribution < -0.4 is 11.1 Å². The summed E-state index contributed by atoms with van der Waals surface area (Å²) in [5.74, 6) is -0.148. The van der Waals surface area contributed by atoms with Crippen molar-refractivity contribution in [1.82, 2.24) is 4.90 Å². The molecule has 1 aromatic rings. The van der Waals surface area contributed by atoms with Gasteiger partial charge in [0.2, 0.25) is 5.91 Å². The molecule has 21 heavy (non-hydrogen) atoms. The maximum absolute atomic E-state index is 11.5. The Bertz CT molecular complexity index is 426. The van der Waals surface area contributed by atoms with Crippen molar-refractivity contribution in [3.8, 4) is 0 Å². The third-order valence-electron chi connectivity index (χ3n) is 3.74. The van der Waals surface area contributed by atoms with Gasteiger partial charge >= 0.3 is 0 Å². The number of likely N-dealkylation sites (tertiary alicyclic amines) is 1. The highest BCUT2D eigenvalue weighted by molar-refractivity contribution is 5.94. The van der Waals surface area contributed by atoms with E-state index in [1.54, 1.807) is 6.92 Å². The Hall–Kier alpha value is -1.10. The van der Waals surface area contributed by atoms with Crippen LogP contribution in [-0.2, 0) is 11.3 Å². The summed E-state index contributed by atoms with van der Waals surface area (Å²) in [6.45, 7) is 5.08. The zero-order valence-electron chi connectivity index (χ0n) is 12.7. The Balaban J connectivity index is 0.00000220. The largest absolute Gasteiger partial charge is 0.325 e. The molecule has 0 aliphatic carbocycles. The molecule has 0 spiro atoms. The molecule has 3 N–H and O–H groups in total. The molecule has 0 saturated carbocycles. The number of hydrogen-bond acceptors (Lipinski definition) is 3. The Morgan fingerprint density at radius 1 is 1.19 bits per heavy atom. The van der Waals surface area contributed by atoms with Crippen LogP contribution in [0.15, 0.2) is 24.3 Å². The van der Waals surface area contributed by atoms with Gasteiger partial charge in [0.25, 0.3) is 0 Å². The highest BCUT2D eigenvalue weighted by atomic mass is 35.5. The van der Waals surface area contributed by atoms with E-state index in [1.165, 1.54) is 44.3 Å². The van der Waals surface area contributed by atoms with Gasteiger partial charge in [0.1, 0.15) is 0 Å². The SMILES string of the molecule is CC(N)C(=O)Nc1ccc(CN2CCCCCC2)cc1.Cl. The highest BCUT2D eigenvalue weighted by Crippen LogP contribution is 2.15. The number of nitrogens with one attached hydrogen (secondary N) is 1. The van der Waals surface area contributed by atoms with Crippen molar-refractivity contribution in [2.75, 3.05) is 18.4 Å². The molecule has 4 nitrogen and oxygen atoms in total. The first-order chi connectivity index (χ1) is 9.65. The van der Waals surface area contributed by atoms with Crippen molar-refractivity contribution in [3.63, 3.8) is 0 Å². The lowest BCUT2D eigenvalue weighted by Gasteiger charge is -2.19. The molecule has 0 bridgehead atoms. The fraction of sp³-hybridized carbons (Fsp3) is 0.562. The van der Waals surface area contributed by atoms with E-state index in [1.807, 2.05) is 12.1 Å². The number of carbonyl (C=O) groups excluding carboxylic acids is 1. The first kappa shape index (κ1) is 18.0. The van der Waals surface area contributed by atoms with Crippen molar-refractivity contribution in [2.24, 2.45) is 5.73 Å². The second-order valence-corrected chi connectivity index (χ2v) is 5.67. The molecular formula is C16H26ClN3O. The van der Waals surface area contributed by atoms with Gasteiger partial charge in [-0.3, -0.25) is 9.69 Å². The fourth-order valence-electron chi connectivity index (χ4n) is 2.50. The monoisotopic (exact) mass is 311 g/mol. The van der Waals surface area contributed by atoms with E-state index in [-0.39, 0.29) is 18.3 Å². The van der Waals surface area contributed by atoms with Crippen molar-refractivity contribution in [2.45, 2.75) is 45.2 Å². The lowest BCUT2D eigenvalue weighted by Crippen LogP contribution is -2.32. The van der Waals surface area contributed by atoms with E-state index in [2.05, 4.69) is 22.3 Å². The first-order valence-corrected chi connectivity index (χ1v) is 7.53. The highest BCUT2D eigenvalue weighted by Gasteiger charge is 2.10. The van der Waals surface area contributed by atoms with E-state index in [9.17, 15) is 4.79 Å². The van der Waals surface area contributed by atoms with Crippen molar-refractivity contribution in [1.29, 1.82) is 0 Å². The summed E-state index contributed by atoms with van der Waals surface area (Å²) in [7, 11) is 0.